The van der Waals surface area contributed by atoms with E-state index in [4.69, 9.17) is 0 Å². The highest BCUT2D eigenvalue weighted by atomic mass is 32.1. The van der Waals surface area contributed by atoms with Crippen molar-refractivity contribution in [3.05, 3.63) is 52.0 Å². The number of nitrogens with zero attached hydrogens (tertiary/aromatic N) is 3. The predicted octanol–water partition coefficient (Wildman–Crippen LogP) is 4.81. The lowest BCUT2D eigenvalue weighted by Gasteiger charge is -2.25. The molecule has 0 radical (unpaired) electrons. The fraction of sp³-hybridized carbons (Fsp3) is 0.350. The molecule has 1 aliphatic heterocycles. The first-order valence-electron chi connectivity index (χ1n) is 9.18. The van der Waals surface area contributed by atoms with Crippen LogP contribution in [-0.2, 0) is 6.54 Å². The minimum absolute atomic E-state index is 0.205. The number of aryl methyl sites for hydroxylation is 1. The third kappa shape index (κ3) is 4.61. The second-order valence-corrected chi connectivity index (χ2v) is 8.56. The molecule has 0 bridgehead atoms. The zero-order valence-corrected chi connectivity index (χ0v) is 16.9. The Morgan fingerprint density at radius 3 is 2.63 bits per heavy atom. The summed E-state index contributed by atoms with van der Waals surface area (Å²) >= 11 is 2.95. The van der Waals surface area contributed by atoms with E-state index in [0.29, 0.717) is 10.8 Å². The van der Waals surface area contributed by atoms with E-state index in [1.807, 2.05) is 17.5 Å². The predicted molar refractivity (Wildman–Crippen MR) is 111 cm³/mol. The topological polar surface area (TPSA) is 58.1 Å². The molecule has 5 nitrogen and oxygen atoms in total. The van der Waals surface area contributed by atoms with Crippen LogP contribution in [0.15, 0.2) is 35.0 Å². The lowest BCUT2D eigenvalue weighted by molar-refractivity contribution is 0.102. The number of aromatic nitrogens is 2. The zero-order chi connectivity index (χ0) is 18.6. The van der Waals surface area contributed by atoms with Crippen molar-refractivity contribution in [3.63, 3.8) is 0 Å². The molecule has 7 heteroatoms. The molecule has 2 aromatic heterocycles. The van der Waals surface area contributed by atoms with Gasteiger partial charge in [-0.2, -0.15) is 0 Å². The van der Waals surface area contributed by atoms with Crippen LogP contribution in [0.2, 0.25) is 0 Å². The number of amides is 1. The van der Waals surface area contributed by atoms with Crippen LogP contribution in [0.1, 0.15) is 41.0 Å². The standard InChI is InChI=1S/C20H22N4OS2/c1-14-5-7-15(8-6-14)19-22-17(13-26-19)18(25)23-20-21-16(12-27-20)11-24-9-3-2-4-10-24/h5-8,12-13H,2-4,9-11H2,1H3,(H,21,23,25). The fourth-order valence-electron chi connectivity index (χ4n) is 3.15. The highest BCUT2D eigenvalue weighted by molar-refractivity contribution is 7.14. The van der Waals surface area contributed by atoms with Crippen LogP contribution in [0.3, 0.4) is 0 Å². The SMILES string of the molecule is Cc1ccc(-c2nc(C(=O)Nc3nc(CN4CCCCC4)cs3)cs2)cc1. The second kappa shape index (κ2) is 8.29. The van der Waals surface area contributed by atoms with E-state index < -0.39 is 0 Å². The largest absolute Gasteiger partial charge is 0.297 e. The molecule has 3 aromatic rings. The summed E-state index contributed by atoms with van der Waals surface area (Å²) in [5.41, 5.74) is 3.69. The molecule has 0 atom stereocenters. The van der Waals surface area contributed by atoms with Gasteiger partial charge in [0.1, 0.15) is 10.7 Å². The Bertz CT molecular complexity index is 910. The number of nitrogens with one attached hydrogen (secondary N) is 1. The van der Waals surface area contributed by atoms with Crippen LogP contribution in [0, 0.1) is 6.92 Å². The van der Waals surface area contributed by atoms with Crippen molar-refractivity contribution in [1.82, 2.24) is 14.9 Å². The van der Waals surface area contributed by atoms with Gasteiger partial charge in [0.05, 0.1) is 5.69 Å². The minimum Gasteiger partial charge on any atom is -0.297 e. The first-order chi connectivity index (χ1) is 13.2. The number of hydrogen-bond donors (Lipinski definition) is 1. The molecule has 140 valence electrons. The van der Waals surface area contributed by atoms with Gasteiger partial charge in [0, 0.05) is 22.9 Å². The van der Waals surface area contributed by atoms with Crippen molar-refractivity contribution < 1.29 is 4.79 Å². The van der Waals surface area contributed by atoms with Crippen molar-refractivity contribution in [2.24, 2.45) is 0 Å². The minimum atomic E-state index is -0.205. The summed E-state index contributed by atoms with van der Waals surface area (Å²) in [7, 11) is 0. The highest BCUT2D eigenvalue weighted by Crippen LogP contribution is 2.25. The average Bonchev–Trinajstić information content (AvgIpc) is 3.33. The van der Waals surface area contributed by atoms with Gasteiger partial charge in [-0.3, -0.25) is 15.0 Å². The van der Waals surface area contributed by atoms with Crippen LogP contribution >= 0.6 is 22.7 Å². The maximum Gasteiger partial charge on any atom is 0.276 e. The van der Waals surface area contributed by atoms with E-state index in [1.165, 1.54) is 47.5 Å². The fourth-order valence-corrected chi connectivity index (χ4v) is 4.65. The maximum absolute atomic E-state index is 12.5. The maximum atomic E-state index is 12.5. The Kier molecular flexibility index (Phi) is 5.61. The molecule has 1 fully saturated rings. The monoisotopic (exact) mass is 398 g/mol. The molecule has 1 saturated heterocycles. The molecule has 27 heavy (non-hydrogen) atoms. The lowest BCUT2D eigenvalue weighted by atomic mass is 10.1. The summed E-state index contributed by atoms with van der Waals surface area (Å²) < 4.78 is 0. The smallest absolute Gasteiger partial charge is 0.276 e. The van der Waals surface area contributed by atoms with E-state index in [9.17, 15) is 4.79 Å². The van der Waals surface area contributed by atoms with Crippen molar-refractivity contribution in [1.29, 1.82) is 0 Å². The number of rotatable bonds is 5. The van der Waals surface area contributed by atoms with E-state index in [0.717, 1.165) is 35.9 Å². The van der Waals surface area contributed by atoms with Gasteiger partial charge in [0.15, 0.2) is 5.13 Å². The summed E-state index contributed by atoms with van der Waals surface area (Å²) in [5, 5.41) is 8.20. The summed E-state index contributed by atoms with van der Waals surface area (Å²) in [5.74, 6) is -0.205. The number of carbonyl (C=O) groups excluding carboxylic acids is 1. The van der Waals surface area contributed by atoms with Gasteiger partial charge in [-0.1, -0.05) is 36.2 Å². The Labute approximate surface area is 167 Å². The normalized spacial score (nSPS) is 15.0. The van der Waals surface area contributed by atoms with Crippen molar-refractivity contribution in [3.8, 4) is 10.6 Å². The van der Waals surface area contributed by atoms with Gasteiger partial charge in [-0.15, -0.1) is 22.7 Å². The molecule has 1 amide bonds. The van der Waals surface area contributed by atoms with Crippen LogP contribution in [0.4, 0.5) is 5.13 Å². The highest BCUT2D eigenvalue weighted by Gasteiger charge is 2.15. The van der Waals surface area contributed by atoms with Gasteiger partial charge in [-0.25, -0.2) is 9.97 Å². The lowest BCUT2D eigenvalue weighted by Crippen LogP contribution is -2.29. The number of piperidine rings is 1. The van der Waals surface area contributed by atoms with Gasteiger partial charge >= 0.3 is 0 Å². The molecule has 0 spiro atoms. The number of anilines is 1. The van der Waals surface area contributed by atoms with Gasteiger partial charge in [-0.05, 0) is 32.9 Å². The number of hydrogen-bond acceptors (Lipinski definition) is 6. The summed E-state index contributed by atoms with van der Waals surface area (Å²) in [6, 6.07) is 8.17. The van der Waals surface area contributed by atoms with Crippen LogP contribution in [-0.4, -0.2) is 33.9 Å². The second-order valence-electron chi connectivity index (χ2n) is 6.84. The Morgan fingerprint density at radius 1 is 1.07 bits per heavy atom. The van der Waals surface area contributed by atoms with E-state index in [1.54, 1.807) is 5.38 Å². The number of carbonyl (C=O) groups is 1. The van der Waals surface area contributed by atoms with Crippen LogP contribution in [0.25, 0.3) is 10.6 Å². The van der Waals surface area contributed by atoms with Gasteiger partial charge in [0.2, 0.25) is 0 Å². The molecular weight excluding hydrogens is 376 g/mol. The molecule has 1 aromatic carbocycles. The molecule has 3 heterocycles. The van der Waals surface area contributed by atoms with Crippen LogP contribution in [0.5, 0.6) is 0 Å². The number of likely N-dealkylation sites (tertiary alicyclic amines) is 1. The van der Waals surface area contributed by atoms with Crippen molar-refractivity contribution in [2.45, 2.75) is 32.7 Å². The number of thiazole rings is 2. The molecule has 1 aliphatic rings. The molecule has 0 unspecified atom stereocenters. The summed E-state index contributed by atoms with van der Waals surface area (Å²) in [6.45, 7) is 5.19. The molecule has 0 aliphatic carbocycles. The first kappa shape index (κ1) is 18.3. The molecule has 1 N–H and O–H groups in total. The quantitative estimate of drug-likeness (QED) is 0.670. The van der Waals surface area contributed by atoms with Crippen molar-refractivity contribution in [2.75, 3.05) is 18.4 Å². The van der Waals surface area contributed by atoms with E-state index in [-0.39, 0.29) is 5.91 Å². The average molecular weight is 399 g/mol. The van der Waals surface area contributed by atoms with Gasteiger partial charge < -0.3 is 0 Å². The van der Waals surface area contributed by atoms with E-state index >= 15 is 0 Å². The molecule has 4 rings (SSSR count). The Balaban J connectivity index is 1.38. The Morgan fingerprint density at radius 2 is 1.85 bits per heavy atom. The Hall–Kier alpha value is -2.09. The zero-order valence-electron chi connectivity index (χ0n) is 15.3. The van der Waals surface area contributed by atoms with Gasteiger partial charge in [0.25, 0.3) is 5.91 Å². The van der Waals surface area contributed by atoms with Crippen LogP contribution < -0.4 is 5.32 Å². The third-order valence-corrected chi connectivity index (χ3v) is 6.34. The molecule has 0 saturated carbocycles. The summed E-state index contributed by atoms with van der Waals surface area (Å²) in [6.07, 6.45) is 3.86. The van der Waals surface area contributed by atoms with E-state index in [2.05, 4.69) is 39.2 Å². The summed E-state index contributed by atoms with van der Waals surface area (Å²) in [4.78, 5) is 24.0. The number of benzene rings is 1. The van der Waals surface area contributed by atoms with Crippen molar-refractivity contribution >= 4 is 33.7 Å². The molecular formula is C20H22N4OS2. The first-order valence-corrected chi connectivity index (χ1v) is 10.9. The third-order valence-electron chi connectivity index (χ3n) is 4.64.